The Balaban J connectivity index is 2.65. The molecule has 0 saturated heterocycles. The van der Waals surface area contributed by atoms with E-state index in [-0.39, 0.29) is 6.54 Å². The van der Waals surface area contributed by atoms with E-state index in [9.17, 15) is 13.2 Å². The summed E-state index contributed by atoms with van der Waals surface area (Å²) in [7, 11) is 0. The van der Waals surface area contributed by atoms with Crippen molar-refractivity contribution in [2.24, 2.45) is 0 Å². The number of alkyl halides is 3. The van der Waals surface area contributed by atoms with Crippen LogP contribution in [0.4, 0.5) is 13.2 Å². The van der Waals surface area contributed by atoms with Crippen LogP contribution in [0.25, 0.3) is 0 Å². The molecule has 5 heteroatoms. The summed E-state index contributed by atoms with van der Waals surface area (Å²) in [4.78, 5) is 0. The van der Waals surface area contributed by atoms with Crippen LogP contribution in [-0.4, -0.2) is 18.1 Å². The third kappa shape index (κ3) is 4.60. The fraction of sp³-hybridized carbons (Fsp3) is 0.500. The molecule has 1 atom stereocenters. The van der Waals surface area contributed by atoms with Gasteiger partial charge in [-0.15, -0.1) is 0 Å². The van der Waals surface area contributed by atoms with E-state index < -0.39 is 11.7 Å². The van der Waals surface area contributed by atoms with Gasteiger partial charge in [0.25, 0.3) is 0 Å². The monoisotopic (exact) mass is 263 g/mol. The fourth-order valence-electron chi connectivity index (χ4n) is 1.44. The first-order chi connectivity index (χ1) is 7.95. The second kappa shape index (κ2) is 6.31. The normalized spacial score (nSPS) is 13.7. The molecule has 17 heavy (non-hydrogen) atoms. The topological polar surface area (TPSA) is 12.0 Å². The number of hydrogen-bond acceptors (Lipinski definition) is 2. The van der Waals surface area contributed by atoms with Gasteiger partial charge in [0.15, 0.2) is 0 Å². The Hall–Kier alpha value is -0.680. The van der Waals surface area contributed by atoms with Crippen molar-refractivity contribution >= 4 is 11.8 Å². The Morgan fingerprint density at radius 1 is 1.29 bits per heavy atom. The van der Waals surface area contributed by atoms with Crippen LogP contribution in [0.5, 0.6) is 0 Å². The molecule has 1 rings (SSSR count). The van der Waals surface area contributed by atoms with Gasteiger partial charge in [-0.1, -0.05) is 25.1 Å². The van der Waals surface area contributed by atoms with E-state index in [1.807, 2.05) is 13.2 Å². The summed E-state index contributed by atoms with van der Waals surface area (Å²) in [5.41, 5.74) is -0.252. The van der Waals surface area contributed by atoms with Crippen LogP contribution >= 0.6 is 11.8 Å². The Bertz CT molecular complexity index is 352. The highest BCUT2D eigenvalue weighted by atomic mass is 32.2. The molecule has 0 amide bonds. The van der Waals surface area contributed by atoms with Gasteiger partial charge in [0, 0.05) is 18.3 Å². The minimum Gasteiger partial charge on any atom is -0.312 e. The molecule has 0 spiro atoms. The highest BCUT2D eigenvalue weighted by Gasteiger charge is 2.32. The average molecular weight is 263 g/mol. The van der Waals surface area contributed by atoms with E-state index in [4.69, 9.17) is 0 Å². The van der Waals surface area contributed by atoms with Crippen molar-refractivity contribution in [3.05, 3.63) is 35.4 Å². The predicted molar refractivity (Wildman–Crippen MR) is 66.1 cm³/mol. The van der Waals surface area contributed by atoms with E-state index in [0.717, 1.165) is 6.07 Å². The summed E-state index contributed by atoms with van der Waals surface area (Å²) < 4.78 is 38.0. The average Bonchev–Trinajstić information content (AvgIpc) is 2.28. The second-order valence-corrected chi connectivity index (χ2v) is 5.11. The maximum Gasteiger partial charge on any atom is 0.416 e. The van der Waals surface area contributed by atoms with Crippen LogP contribution in [-0.2, 0) is 12.7 Å². The van der Waals surface area contributed by atoms with Gasteiger partial charge < -0.3 is 5.32 Å². The summed E-state index contributed by atoms with van der Waals surface area (Å²) in [6.07, 6.45) is -2.29. The molecular weight excluding hydrogens is 247 g/mol. The Morgan fingerprint density at radius 3 is 2.53 bits per heavy atom. The van der Waals surface area contributed by atoms with E-state index in [0.29, 0.717) is 17.4 Å². The van der Waals surface area contributed by atoms with Gasteiger partial charge in [-0.2, -0.15) is 24.9 Å². The van der Waals surface area contributed by atoms with E-state index >= 15 is 0 Å². The van der Waals surface area contributed by atoms with Gasteiger partial charge in [0.2, 0.25) is 0 Å². The highest BCUT2D eigenvalue weighted by Crippen LogP contribution is 2.31. The lowest BCUT2D eigenvalue weighted by Crippen LogP contribution is -2.23. The summed E-state index contributed by atoms with van der Waals surface area (Å²) >= 11 is 1.68. The van der Waals surface area contributed by atoms with Gasteiger partial charge in [-0.3, -0.25) is 0 Å². The smallest absolute Gasteiger partial charge is 0.312 e. The molecule has 1 unspecified atom stereocenters. The second-order valence-electron chi connectivity index (χ2n) is 3.83. The highest BCUT2D eigenvalue weighted by molar-refractivity contribution is 7.99. The zero-order chi connectivity index (χ0) is 12.9. The van der Waals surface area contributed by atoms with Gasteiger partial charge in [-0.25, -0.2) is 0 Å². The lowest BCUT2D eigenvalue weighted by Gasteiger charge is -2.14. The molecule has 1 aromatic carbocycles. The molecular formula is C12H16F3NS. The standard InChI is InChI=1S/C12H16F3NS/c1-9(17-2)7-16-8-10-5-3-4-6-11(10)12(13,14)15/h3-6,9,16H,7-8H2,1-2H3. The molecule has 0 heterocycles. The van der Waals surface area contributed by atoms with Crippen LogP contribution in [0, 0.1) is 0 Å². The molecule has 0 radical (unpaired) electrons. The van der Waals surface area contributed by atoms with Crippen LogP contribution in [0.1, 0.15) is 18.1 Å². The van der Waals surface area contributed by atoms with Crippen molar-refractivity contribution in [1.29, 1.82) is 0 Å². The van der Waals surface area contributed by atoms with E-state index in [1.165, 1.54) is 12.1 Å². The first kappa shape index (κ1) is 14.4. The van der Waals surface area contributed by atoms with Gasteiger partial charge in [-0.05, 0) is 17.9 Å². The van der Waals surface area contributed by atoms with Crippen LogP contribution in [0.3, 0.4) is 0 Å². The molecule has 0 aromatic heterocycles. The third-order valence-corrected chi connectivity index (χ3v) is 3.44. The summed E-state index contributed by atoms with van der Waals surface area (Å²) in [5.74, 6) is 0. The van der Waals surface area contributed by atoms with Crippen molar-refractivity contribution in [3.8, 4) is 0 Å². The molecule has 1 N–H and O–H groups in total. The third-order valence-electron chi connectivity index (χ3n) is 2.47. The van der Waals surface area contributed by atoms with Crippen LogP contribution in [0.15, 0.2) is 24.3 Å². The van der Waals surface area contributed by atoms with Crippen LogP contribution in [0.2, 0.25) is 0 Å². The summed E-state index contributed by atoms with van der Waals surface area (Å²) in [6.45, 7) is 2.99. The zero-order valence-corrected chi connectivity index (χ0v) is 10.7. The lowest BCUT2D eigenvalue weighted by molar-refractivity contribution is -0.138. The molecule has 0 aliphatic rings. The number of nitrogens with one attached hydrogen (secondary N) is 1. The zero-order valence-electron chi connectivity index (χ0n) is 9.84. The van der Waals surface area contributed by atoms with Gasteiger partial charge in [0.1, 0.15) is 0 Å². The Morgan fingerprint density at radius 2 is 1.94 bits per heavy atom. The minimum atomic E-state index is -4.27. The largest absolute Gasteiger partial charge is 0.416 e. The van der Waals surface area contributed by atoms with Crippen molar-refractivity contribution in [1.82, 2.24) is 5.32 Å². The lowest BCUT2D eigenvalue weighted by atomic mass is 10.1. The maximum absolute atomic E-state index is 12.7. The number of thioether (sulfide) groups is 1. The first-order valence-electron chi connectivity index (χ1n) is 5.33. The number of benzene rings is 1. The van der Waals surface area contributed by atoms with E-state index in [1.54, 1.807) is 17.8 Å². The SMILES string of the molecule is CSC(C)CNCc1ccccc1C(F)(F)F. The van der Waals surface area contributed by atoms with Gasteiger partial charge in [0.05, 0.1) is 5.56 Å². The Kier molecular flexibility index (Phi) is 5.33. The minimum absolute atomic E-state index is 0.251. The molecule has 1 nitrogen and oxygen atoms in total. The van der Waals surface area contributed by atoms with Crippen molar-refractivity contribution < 1.29 is 13.2 Å². The molecule has 1 aromatic rings. The molecule has 0 bridgehead atoms. The molecule has 0 aliphatic heterocycles. The maximum atomic E-state index is 12.7. The first-order valence-corrected chi connectivity index (χ1v) is 6.62. The van der Waals surface area contributed by atoms with E-state index in [2.05, 4.69) is 5.32 Å². The van der Waals surface area contributed by atoms with Crippen molar-refractivity contribution in [3.63, 3.8) is 0 Å². The molecule has 0 aliphatic carbocycles. The molecule has 96 valence electrons. The quantitative estimate of drug-likeness (QED) is 0.872. The predicted octanol–water partition coefficient (Wildman–Crippen LogP) is 3.55. The fourth-order valence-corrected chi connectivity index (χ4v) is 1.73. The van der Waals surface area contributed by atoms with Crippen molar-refractivity contribution in [2.45, 2.75) is 24.9 Å². The number of hydrogen-bond donors (Lipinski definition) is 1. The molecule has 0 saturated carbocycles. The van der Waals surface area contributed by atoms with Crippen molar-refractivity contribution in [2.75, 3.05) is 12.8 Å². The summed E-state index contributed by atoms with van der Waals surface area (Å²) in [5, 5.41) is 3.44. The van der Waals surface area contributed by atoms with Gasteiger partial charge >= 0.3 is 6.18 Å². The number of halogens is 3. The Labute approximate surface area is 104 Å². The summed E-state index contributed by atoms with van der Waals surface area (Å²) in [6, 6.07) is 5.68. The van der Waals surface area contributed by atoms with Crippen LogP contribution < -0.4 is 5.32 Å². The molecule has 0 fully saturated rings. The number of rotatable bonds is 5.